The van der Waals surface area contributed by atoms with Crippen molar-refractivity contribution < 1.29 is 9.18 Å². The molecule has 0 spiro atoms. The summed E-state index contributed by atoms with van der Waals surface area (Å²) in [7, 11) is 2.06. The lowest BCUT2D eigenvalue weighted by Crippen LogP contribution is -2.52. The van der Waals surface area contributed by atoms with Crippen LogP contribution in [-0.2, 0) is 6.42 Å². The first kappa shape index (κ1) is 19.5. The second-order valence-corrected chi connectivity index (χ2v) is 9.69. The van der Waals surface area contributed by atoms with E-state index in [1.807, 2.05) is 0 Å². The molecule has 0 atom stereocenters. The van der Waals surface area contributed by atoms with Gasteiger partial charge in [0.15, 0.2) is 5.78 Å². The molecule has 7 heteroatoms. The van der Waals surface area contributed by atoms with E-state index in [0.29, 0.717) is 22.6 Å². The van der Waals surface area contributed by atoms with Crippen LogP contribution in [0.4, 0.5) is 9.39 Å². The van der Waals surface area contributed by atoms with Gasteiger partial charge in [-0.1, -0.05) is 11.3 Å². The number of benzene rings is 1. The molecule has 2 N–H and O–H groups in total. The summed E-state index contributed by atoms with van der Waals surface area (Å²) in [5, 5.41) is 5.15. The first-order chi connectivity index (χ1) is 14.4. The standard InChI is InChI=1S/C23H24FN3O2S/c1-12-7-14(5-6-17(12)24)21(29)20-19-15(8-13-3-4-13)9-18(28)26-22(19)30-23(20)25-16-10-27(2)11-16/h5-7,9,13,16,25H,3-4,8,10-11H2,1-2H3,(H,26,28). The number of fused-ring (bicyclic) bond motifs is 1. The first-order valence-corrected chi connectivity index (χ1v) is 11.2. The molecule has 30 heavy (non-hydrogen) atoms. The molecule has 0 bridgehead atoms. The van der Waals surface area contributed by atoms with Crippen molar-refractivity contribution in [2.75, 3.05) is 25.5 Å². The lowest BCUT2D eigenvalue weighted by molar-refractivity contribution is 0.104. The number of rotatable bonds is 6. The average Bonchev–Trinajstić information content (AvgIpc) is 3.41. The summed E-state index contributed by atoms with van der Waals surface area (Å²) in [5.41, 5.74) is 2.31. The van der Waals surface area contributed by atoms with E-state index in [1.165, 1.54) is 30.2 Å². The number of thiophene rings is 1. The molecule has 0 radical (unpaired) electrons. The highest BCUT2D eigenvalue weighted by atomic mass is 32.1. The molecule has 1 saturated carbocycles. The van der Waals surface area contributed by atoms with Gasteiger partial charge in [-0.3, -0.25) is 9.59 Å². The summed E-state index contributed by atoms with van der Waals surface area (Å²) in [4.78, 5) is 31.8. The van der Waals surface area contributed by atoms with Crippen LogP contribution in [0.15, 0.2) is 29.1 Å². The lowest BCUT2D eigenvalue weighted by atomic mass is 9.96. The number of halogens is 1. The van der Waals surface area contributed by atoms with Crippen LogP contribution in [0.2, 0.25) is 0 Å². The minimum Gasteiger partial charge on any atom is -0.371 e. The predicted octanol–water partition coefficient (Wildman–Crippen LogP) is 3.95. The Balaban J connectivity index is 1.66. The van der Waals surface area contributed by atoms with Gasteiger partial charge in [0.25, 0.3) is 0 Å². The Morgan fingerprint density at radius 1 is 1.30 bits per heavy atom. The largest absolute Gasteiger partial charge is 0.371 e. The molecule has 2 aromatic heterocycles. The molecular formula is C23H24FN3O2S. The van der Waals surface area contributed by atoms with Gasteiger partial charge < -0.3 is 15.2 Å². The predicted molar refractivity (Wildman–Crippen MR) is 118 cm³/mol. The Morgan fingerprint density at radius 3 is 2.73 bits per heavy atom. The van der Waals surface area contributed by atoms with Crippen molar-refractivity contribution in [2.24, 2.45) is 5.92 Å². The van der Waals surface area contributed by atoms with Gasteiger partial charge in [-0.05, 0) is 68.5 Å². The molecule has 1 aromatic carbocycles. The topological polar surface area (TPSA) is 65.2 Å². The Morgan fingerprint density at radius 2 is 2.07 bits per heavy atom. The number of anilines is 1. The number of nitrogens with zero attached hydrogens (tertiary/aromatic N) is 1. The molecule has 0 unspecified atom stereocenters. The Hall–Kier alpha value is -2.51. The van der Waals surface area contributed by atoms with Crippen LogP contribution in [0.25, 0.3) is 10.2 Å². The van der Waals surface area contributed by atoms with Crippen molar-refractivity contribution in [1.29, 1.82) is 0 Å². The monoisotopic (exact) mass is 425 g/mol. The quantitative estimate of drug-likeness (QED) is 0.587. The number of pyridine rings is 1. The highest BCUT2D eigenvalue weighted by Gasteiger charge is 2.30. The molecule has 2 fully saturated rings. The number of aromatic nitrogens is 1. The van der Waals surface area contributed by atoms with E-state index in [4.69, 9.17) is 0 Å². The number of ketones is 1. The number of hydrogen-bond donors (Lipinski definition) is 2. The van der Waals surface area contributed by atoms with Crippen LogP contribution in [-0.4, -0.2) is 41.8 Å². The number of nitrogens with one attached hydrogen (secondary N) is 2. The minimum atomic E-state index is -0.323. The van der Waals surface area contributed by atoms with Gasteiger partial charge in [-0.2, -0.15) is 0 Å². The highest BCUT2D eigenvalue weighted by Crippen LogP contribution is 2.41. The van der Waals surface area contributed by atoms with Crippen LogP contribution < -0.4 is 10.9 Å². The normalized spacial score (nSPS) is 17.3. The Kier molecular flexibility index (Phi) is 4.75. The fourth-order valence-corrected chi connectivity index (χ4v) is 5.44. The van der Waals surface area contributed by atoms with E-state index >= 15 is 0 Å². The van der Waals surface area contributed by atoms with Crippen LogP contribution in [0.5, 0.6) is 0 Å². The third-order valence-electron chi connectivity index (χ3n) is 6.02. The molecule has 5 rings (SSSR count). The van der Waals surface area contributed by atoms with E-state index in [-0.39, 0.29) is 23.2 Å². The van der Waals surface area contributed by atoms with Gasteiger partial charge >= 0.3 is 0 Å². The summed E-state index contributed by atoms with van der Waals surface area (Å²) in [6.45, 7) is 3.48. The molecule has 3 heterocycles. The molecule has 156 valence electrons. The van der Waals surface area contributed by atoms with Crippen molar-refractivity contribution in [2.45, 2.75) is 32.2 Å². The minimum absolute atomic E-state index is 0.133. The number of likely N-dealkylation sites (N-methyl/N-ethyl adjacent to an activating group) is 1. The molecular weight excluding hydrogens is 401 g/mol. The zero-order valence-corrected chi connectivity index (χ0v) is 17.9. The fourth-order valence-electron chi connectivity index (χ4n) is 4.22. The van der Waals surface area contributed by atoms with Gasteiger partial charge in [0.1, 0.15) is 15.6 Å². The van der Waals surface area contributed by atoms with Crippen molar-refractivity contribution in [3.8, 4) is 0 Å². The smallest absolute Gasteiger partial charge is 0.249 e. The maximum atomic E-state index is 13.8. The summed E-state index contributed by atoms with van der Waals surface area (Å²) in [6.07, 6.45) is 3.14. The van der Waals surface area contributed by atoms with Gasteiger partial charge in [0.05, 0.1) is 11.6 Å². The summed E-state index contributed by atoms with van der Waals surface area (Å²) >= 11 is 1.43. The fraction of sp³-hybridized carbons (Fsp3) is 0.391. The van der Waals surface area contributed by atoms with Crippen LogP contribution >= 0.6 is 11.3 Å². The van der Waals surface area contributed by atoms with Crippen molar-refractivity contribution in [3.05, 3.63) is 62.7 Å². The molecule has 2 aliphatic rings. The third kappa shape index (κ3) is 3.56. The molecule has 0 amide bonds. The second kappa shape index (κ2) is 7.32. The number of hydrogen-bond acceptors (Lipinski definition) is 5. The van der Waals surface area contributed by atoms with E-state index in [1.54, 1.807) is 25.1 Å². The van der Waals surface area contributed by atoms with Gasteiger partial charge in [-0.25, -0.2) is 4.39 Å². The molecule has 5 nitrogen and oxygen atoms in total. The summed E-state index contributed by atoms with van der Waals surface area (Å²) in [6, 6.07) is 6.40. The van der Waals surface area contributed by atoms with Gasteiger partial charge in [0.2, 0.25) is 5.56 Å². The highest BCUT2D eigenvalue weighted by molar-refractivity contribution is 7.23. The van der Waals surface area contributed by atoms with E-state index < -0.39 is 0 Å². The Bertz CT molecular complexity index is 1210. The number of aromatic amines is 1. The maximum absolute atomic E-state index is 13.8. The van der Waals surface area contributed by atoms with Crippen LogP contribution in [0, 0.1) is 18.7 Å². The van der Waals surface area contributed by atoms with E-state index in [0.717, 1.165) is 40.3 Å². The molecule has 1 saturated heterocycles. The van der Waals surface area contributed by atoms with Crippen LogP contribution in [0.3, 0.4) is 0 Å². The molecule has 1 aliphatic carbocycles. The number of likely N-dealkylation sites (tertiary alicyclic amines) is 1. The number of carbonyl (C=O) groups is 1. The van der Waals surface area contributed by atoms with Crippen LogP contribution in [0.1, 0.15) is 39.9 Å². The van der Waals surface area contributed by atoms with Gasteiger partial charge in [0, 0.05) is 30.1 Å². The molecule has 1 aliphatic heterocycles. The van der Waals surface area contributed by atoms with Crippen molar-refractivity contribution in [3.63, 3.8) is 0 Å². The number of aryl methyl sites for hydroxylation is 1. The summed E-state index contributed by atoms with van der Waals surface area (Å²) in [5.74, 6) is 0.127. The first-order valence-electron chi connectivity index (χ1n) is 10.3. The number of H-pyrrole nitrogens is 1. The van der Waals surface area contributed by atoms with E-state index in [9.17, 15) is 14.0 Å². The average molecular weight is 426 g/mol. The molecule has 3 aromatic rings. The lowest BCUT2D eigenvalue weighted by Gasteiger charge is -2.37. The summed E-state index contributed by atoms with van der Waals surface area (Å²) < 4.78 is 13.8. The maximum Gasteiger partial charge on any atom is 0.249 e. The van der Waals surface area contributed by atoms with E-state index in [2.05, 4.69) is 22.2 Å². The van der Waals surface area contributed by atoms with Crippen molar-refractivity contribution >= 4 is 32.3 Å². The SMILES string of the molecule is Cc1cc(C(=O)c2c(NC3CN(C)C3)sc3[nH]c(=O)cc(CC4CC4)c23)ccc1F. The Labute approximate surface area is 177 Å². The zero-order chi connectivity index (χ0) is 21.0. The zero-order valence-electron chi connectivity index (χ0n) is 17.0. The number of carbonyl (C=O) groups excluding carboxylic acids is 1. The third-order valence-corrected chi connectivity index (χ3v) is 7.06. The van der Waals surface area contributed by atoms with Gasteiger partial charge in [-0.15, -0.1) is 0 Å². The second-order valence-electron chi connectivity index (χ2n) is 8.67. The van der Waals surface area contributed by atoms with Crippen molar-refractivity contribution in [1.82, 2.24) is 9.88 Å².